The molecule has 0 aliphatic heterocycles. The highest BCUT2D eigenvalue weighted by molar-refractivity contribution is 6.31. The summed E-state index contributed by atoms with van der Waals surface area (Å²) in [6, 6.07) is 11.6. The fourth-order valence-electron chi connectivity index (χ4n) is 4.46. The summed E-state index contributed by atoms with van der Waals surface area (Å²) in [4.78, 5) is 13.0. The van der Waals surface area contributed by atoms with Gasteiger partial charge in [0.2, 0.25) is 0 Å². The van der Waals surface area contributed by atoms with E-state index in [4.69, 9.17) is 16.3 Å². The van der Waals surface area contributed by atoms with E-state index in [9.17, 15) is 9.90 Å². The summed E-state index contributed by atoms with van der Waals surface area (Å²) in [5.41, 5.74) is 4.23. The van der Waals surface area contributed by atoms with Crippen LogP contribution in [0.3, 0.4) is 0 Å². The summed E-state index contributed by atoms with van der Waals surface area (Å²) < 4.78 is 5.50. The molecule has 0 heterocycles. The van der Waals surface area contributed by atoms with Crippen molar-refractivity contribution in [2.24, 2.45) is 11.8 Å². The summed E-state index contributed by atoms with van der Waals surface area (Å²) >= 11 is 6.20. The monoisotopic (exact) mass is 382 g/mol. The van der Waals surface area contributed by atoms with Crippen LogP contribution in [0.4, 0.5) is 0 Å². The van der Waals surface area contributed by atoms with Crippen LogP contribution >= 0.6 is 11.6 Å². The number of allylic oxidation sites excluding steroid dienone is 2. The number of Topliss-reactive ketones (excluding diaryl/α,β-unsaturated/α-hetero) is 1. The molecular weight excluding hydrogens is 360 g/mol. The molecule has 3 nitrogen and oxygen atoms in total. The van der Waals surface area contributed by atoms with E-state index in [1.54, 1.807) is 13.2 Å². The Morgan fingerprint density at radius 3 is 2.63 bits per heavy atom. The van der Waals surface area contributed by atoms with Crippen LogP contribution in [0.25, 0.3) is 16.7 Å². The molecule has 2 bridgehead atoms. The van der Waals surface area contributed by atoms with Crippen LogP contribution in [0.1, 0.15) is 37.3 Å². The Kier molecular flexibility index (Phi) is 4.73. The van der Waals surface area contributed by atoms with Crippen molar-refractivity contribution in [3.63, 3.8) is 0 Å². The molecule has 27 heavy (non-hydrogen) atoms. The lowest BCUT2D eigenvalue weighted by Crippen LogP contribution is -2.22. The Morgan fingerprint density at radius 2 is 1.89 bits per heavy atom. The predicted octanol–water partition coefficient (Wildman–Crippen LogP) is 5.85. The van der Waals surface area contributed by atoms with Crippen molar-refractivity contribution >= 4 is 23.0 Å². The number of hydrogen-bond acceptors (Lipinski definition) is 3. The summed E-state index contributed by atoms with van der Waals surface area (Å²) in [5.74, 6) is 1.26. The van der Waals surface area contributed by atoms with E-state index >= 15 is 0 Å². The van der Waals surface area contributed by atoms with Crippen LogP contribution in [0.5, 0.6) is 5.75 Å². The number of methoxy groups -OCH3 is 1. The van der Waals surface area contributed by atoms with Crippen LogP contribution in [-0.4, -0.2) is 18.0 Å². The van der Waals surface area contributed by atoms with Gasteiger partial charge in [0.05, 0.1) is 12.7 Å². The second kappa shape index (κ2) is 7.05. The molecule has 0 spiro atoms. The van der Waals surface area contributed by atoms with Gasteiger partial charge in [-0.3, -0.25) is 4.79 Å². The van der Waals surface area contributed by atoms with Crippen LogP contribution in [-0.2, 0) is 11.2 Å². The van der Waals surface area contributed by atoms with Crippen molar-refractivity contribution < 1.29 is 14.6 Å². The lowest BCUT2D eigenvalue weighted by atomic mass is 9.81. The van der Waals surface area contributed by atoms with E-state index in [1.165, 1.54) is 0 Å². The largest absolute Gasteiger partial charge is 0.511 e. The molecule has 0 radical (unpaired) electrons. The molecule has 2 unspecified atom stereocenters. The number of ether oxygens (including phenoxy) is 1. The minimum Gasteiger partial charge on any atom is -0.511 e. The van der Waals surface area contributed by atoms with E-state index in [1.807, 2.05) is 30.3 Å². The second-order valence-corrected chi connectivity index (χ2v) is 7.84. The number of aliphatic hydroxyl groups is 1. The molecule has 0 saturated heterocycles. The molecule has 4 heteroatoms. The third-order valence-corrected chi connectivity index (χ3v) is 6.16. The molecule has 2 aromatic carbocycles. The molecule has 2 atom stereocenters. The zero-order valence-corrected chi connectivity index (χ0v) is 16.3. The second-order valence-electron chi connectivity index (χ2n) is 7.40. The van der Waals surface area contributed by atoms with Gasteiger partial charge in [-0.1, -0.05) is 30.7 Å². The fraction of sp³-hybridized carbons (Fsp3) is 0.348. The minimum absolute atomic E-state index is 0.0509. The first-order valence-corrected chi connectivity index (χ1v) is 9.85. The van der Waals surface area contributed by atoms with E-state index in [0.717, 1.165) is 53.7 Å². The number of fused-ring (bicyclic) bond motifs is 2. The molecule has 0 aromatic heterocycles. The summed E-state index contributed by atoms with van der Waals surface area (Å²) in [5, 5.41) is 11.4. The number of benzene rings is 2. The maximum absolute atomic E-state index is 13.0. The normalized spacial score (nSPS) is 21.7. The van der Waals surface area contributed by atoms with Gasteiger partial charge in [0, 0.05) is 22.4 Å². The zero-order valence-electron chi connectivity index (χ0n) is 15.6. The molecule has 0 amide bonds. The minimum atomic E-state index is 0.0509. The number of halogens is 1. The predicted molar refractivity (Wildman–Crippen MR) is 108 cm³/mol. The Balaban J connectivity index is 1.90. The smallest absolute Gasteiger partial charge is 0.169 e. The Labute approximate surface area is 164 Å². The first-order valence-electron chi connectivity index (χ1n) is 9.48. The van der Waals surface area contributed by atoms with Crippen molar-refractivity contribution in [1.29, 1.82) is 0 Å². The number of ketones is 1. The van der Waals surface area contributed by atoms with Gasteiger partial charge in [-0.2, -0.15) is 0 Å². The van der Waals surface area contributed by atoms with E-state index in [-0.39, 0.29) is 23.4 Å². The Morgan fingerprint density at radius 1 is 1.11 bits per heavy atom. The van der Waals surface area contributed by atoms with Crippen molar-refractivity contribution in [3.8, 4) is 16.9 Å². The average Bonchev–Trinajstić information content (AvgIpc) is 3.14. The van der Waals surface area contributed by atoms with E-state index in [2.05, 4.69) is 6.92 Å². The average molecular weight is 383 g/mol. The van der Waals surface area contributed by atoms with Crippen LogP contribution in [0.2, 0.25) is 5.02 Å². The van der Waals surface area contributed by atoms with Gasteiger partial charge in [0.15, 0.2) is 5.78 Å². The highest BCUT2D eigenvalue weighted by atomic mass is 35.5. The van der Waals surface area contributed by atoms with Gasteiger partial charge < -0.3 is 9.84 Å². The standard InChI is InChI=1S/C23H23ClO3/c1-3-13-4-5-14(18-12-17(24)8-9-20(18)27-2)11-19(13)21-22(25)15-6-7-16(10-15)23(21)26/h4-5,8-9,11-12,15-16,25H,3,6-7,10H2,1-2H3. The number of aliphatic hydroxyl groups excluding tert-OH is 1. The van der Waals surface area contributed by atoms with Gasteiger partial charge in [0.25, 0.3) is 0 Å². The van der Waals surface area contributed by atoms with Gasteiger partial charge in [-0.25, -0.2) is 0 Å². The van der Waals surface area contributed by atoms with Crippen LogP contribution in [0, 0.1) is 11.8 Å². The summed E-state index contributed by atoms with van der Waals surface area (Å²) in [6.07, 6.45) is 3.36. The molecular formula is C23H23ClO3. The molecule has 2 aliphatic carbocycles. The molecule has 140 valence electrons. The molecule has 2 aromatic rings. The third-order valence-electron chi connectivity index (χ3n) is 5.93. The zero-order chi connectivity index (χ0) is 19.1. The lowest BCUT2D eigenvalue weighted by Gasteiger charge is -2.24. The van der Waals surface area contributed by atoms with Crippen molar-refractivity contribution in [3.05, 3.63) is 58.3 Å². The number of carbonyl (C=O) groups is 1. The number of carbonyl (C=O) groups excluding carboxylic acids is 1. The topological polar surface area (TPSA) is 46.5 Å². The third kappa shape index (κ3) is 3.04. The van der Waals surface area contributed by atoms with E-state index in [0.29, 0.717) is 10.6 Å². The SMILES string of the molecule is CCc1ccc(-c2cc(Cl)ccc2OC)cc1C1=C(O)C2CCC(C2)C1=O. The van der Waals surface area contributed by atoms with Gasteiger partial charge in [-0.15, -0.1) is 0 Å². The van der Waals surface area contributed by atoms with Gasteiger partial charge >= 0.3 is 0 Å². The van der Waals surface area contributed by atoms with Gasteiger partial charge in [0.1, 0.15) is 11.5 Å². The van der Waals surface area contributed by atoms with Crippen molar-refractivity contribution in [2.45, 2.75) is 32.6 Å². The maximum Gasteiger partial charge on any atom is 0.169 e. The molecule has 2 aliphatic rings. The van der Waals surface area contributed by atoms with Crippen molar-refractivity contribution in [1.82, 2.24) is 0 Å². The van der Waals surface area contributed by atoms with Crippen LogP contribution < -0.4 is 4.74 Å². The quantitative estimate of drug-likeness (QED) is 0.721. The van der Waals surface area contributed by atoms with Crippen LogP contribution in [0.15, 0.2) is 42.2 Å². The Bertz CT molecular complexity index is 945. The summed E-state index contributed by atoms with van der Waals surface area (Å²) in [6.45, 7) is 2.07. The first-order chi connectivity index (χ1) is 13.0. The van der Waals surface area contributed by atoms with Crippen molar-refractivity contribution in [2.75, 3.05) is 7.11 Å². The first kappa shape index (κ1) is 18.1. The number of aryl methyl sites for hydroxylation is 1. The molecule has 1 fully saturated rings. The summed E-state index contributed by atoms with van der Waals surface area (Å²) in [7, 11) is 1.63. The lowest BCUT2D eigenvalue weighted by molar-refractivity contribution is -0.117. The van der Waals surface area contributed by atoms with E-state index < -0.39 is 0 Å². The number of hydrogen-bond donors (Lipinski definition) is 1. The number of rotatable bonds is 4. The maximum atomic E-state index is 13.0. The highest BCUT2D eigenvalue weighted by Gasteiger charge is 2.41. The molecule has 1 saturated carbocycles. The Hall–Kier alpha value is -2.26. The van der Waals surface area contributed by atoms with Gasteiger partial charge in [-0.05, 0) is 66.6 Å². The highest BCUT2D eigenvalue weighted by Crippen LogP contribution is 2.46. The fourth-order valence-corrected chi connectivity index (χ4v) is 4.64. The molecule has 1 N–H and O–H groups in total. The molecule has 4 rings (SSSR count).